The van der Waals surface area contributed by atoms with Gasteiger partial charge in [-0.1, -0.05) is 12.8 Å². The zero-order chi connectivity index (χ0) is 14.4. The van der Waals surface area contributed by atoms with Crippen LogP contribution in [0.25, 0.3) is 11.0 Å². The third-order valence-electron chi connectivity index (χ3n) is 4.58. The van der Waals surface area contributed by atoms with Gasteiger partial charge in [0.15, 0.2) is 18.0 Å². The quantitative estimate of drug-likeness (QED) is 0.858. The number of fused-ring (bicyclic) bond motifs is 2. The van der Waals surface area contributed by atoms with Crippen molar-refractivity contribution >= 4 is 42.0 Å². The summed E-state index contributed by atoms with van der Waals surface area (Å²) in [6.07, 6.45) is 4.38. The lowest BCUT2D eigenvalue weighted by Crippen LogP contribution is -2.40. The van der Waals surface area contributed by atoms with Crippen LogP contribution in [0.4, 0.5) is 9.70 Å². The molecule has 112 valence electrons. The smallest absolute Gasteiger partial charge is 0.171 e. The van der Waals surface area contributed by atoms with Gasteiger partial charge in [-0.3, -0.25) is 4.31 Å². The van der Waals surface area contributed by atoms with E-state index in [0.717, 1.165) is 49.7 Å². The Morgan fingerprint density at radius 1 is 1.24 bits per heavy atom. The van der Waals surface area contributed by atoms with E-state index < -0.39 is 0 Å². The van der Waals surface area contributed by atoms with E-state index in [1.807, 2.05) is 6.07 Å². The number of halogens is 1. The predicted octanol–water partition coefficient (Wildman–Crippen LogP) is 2.42. The normalized spacial score (nSPS) is 26.5. The molecular formula is C13H16FN5S2. The number of piperidine rings is 1. The Hall–Kier alpha value is -0.990. The molecule has 4 rings (SSSR count). The summed E-state index contributed by atoms with van der Waals surface area (Å²) in [6.45, 7) is 4.08. The van der Waals surface area contributed by atoms with Gasteiger partial charge in [0, 0.05) is 32.4 Å². The lowest BCUT2D eigenvalue weighted by atomic mass is 9.88. The summed E-state index contributed by atoms with van der Waals surface area (Å²) < 4.78 is 16.4. The van der Waals surface area contributed by atoms with E-state index >= 15 is 0 Å². The van der Waals surface area contributed by atoms with Crippen molar-refractivity contribution in [1.29, 1.82) is 0 Å². The van der Waals surface area contributed by atoms with E-state index in [1.165, 1.54) is 10.3 Å². The average molecular weight is 325 g/mol. The molecule has 2 aromatic heterocycles. The van der Waals surface area contributed by atoms with Gasteiger partial charge in [-0.05, 0) is 24.3 Å². The second kappa shape index (κ2) is 5.33. The van der Waals surface area contributed by atoms with Gasteiger partial charge >= 0.3 is 0 Å². The van der Waals surface area contributed by atoms with Crippen molar-refractivity contribution in [2.45, 2.75) is 6.42 Å². The fourth-order valence-electron chi connectivity index (χ4n) is 3.56. The van der Waals surface area contributed by atoms with Crippen molar-refractivity contribution in [2.75, 3.05) is 31.1 Å². The summed E-state index contributed by atoms with van der Waals surface area (Å²) in [5.74, 6) is 2.30. The van der Waals surface area contributed by atoms with Crippen LogP contribution in [-0.2, 0) is 0 Å². The lowest BCUT2D eigenvalue weighted by molar-refractivity contribution is 0.348. The Morgan fingerprint density at radius 2 is 2.10 bits per heavy atom. The molecular weight excluding hydrogens is 309 g/mol. The van der Waals surface area contributed by atoms with Crippen LogP contribution in [-0.4, -0.2) is 44.4 Å². The SMILES string of the molecule is FSn1ccc2c(N3CCC4CN(S)C[C@@H]4C3)ncnc21. The molecule has 0 radical (unpaired) electrons. The highest BCUT2D eigenvalue weighted by atomic mass is 32.2. The Labute approximate surface area is 132 Å². The van der Waals surface area contributed by atoms with Gasteiger partial charge < -0.3 is 4.90 Å². The number of rotatable bonds is 2. The fourth-order valence-corrected chi connectivity index (χ4v) is 4.30. The van der Waals surface area contributed by atoms with Gasteiger partial charge in [-0.15, -0.1) is 3.89 Å². The van der Waals surface area contributed by atoms with E-state index in [-0.39, 0.29) is 12.3 Å². The van der Waals surface area contributed by atoms with Crippen LogP contribution in [0.2, 0.25) is 0 Å². The van der Waals surface area contributed by atoms with E-state index in [2.05, 4.69) is 32.0 Å². The van der Waals surface area contributed by atoms with E-state index in [9.17, 15) is 3.89 Å². The molecule has 1 unspecified atom stereocenters. The van der Waals surface area contributed by atoms with Crippen LogP contribution < -0.4 is 4.90 Å². The number of aromatic nitrogens is 3. The molecule has 5 nitrogen and oxygen atoms in total. The molecule has 0 bridgehead atoms. The maximum Gasteiger partial charge on any atom is 0.171 e. The van der Waals surface area contributed by atoms with Gasteiger partial charge in [0.05, 0.1) is 5.39 Å². The molecule has 2 aliphatic heterocycles. The first-order valence-electron chi connectivity index (χ1n) is 7.06. The third-order valence-corrected chi connectivity index (χ3v) is 5.35. The molecule has 0 spiro atoms. The molecule has 0 aromatic carbocycles. The molecule has 4 heterocycles. The highest BCUT2D eigenvalue weighted by Gasteiger charge is 2.36. The number of nitrogens with zero attached hydrogens (tertiary/aromatic N) is 5. The summed E-state index contributed by atoms with van der Waals surface area (Å²) >= 11 is 4.65. The van der Waals surface area contributed by atoms with Gasteiger partial charge in [0.2, 0.25) is 0 Å². The van der Waals surface area contributed by atoms with E-state index in [0.29, 0.717) is 11.6 Å². The molecule has 2 fully saturated rings. The first kappa shape index (κ1) is 13.7. The van der Waals surface area contributed by atoms with Crippen molar-refractivity contribution in [1.82, 2.24) is 18.2 Å². The maximum absolute atomic E-state index is 12.9. The zero-order valence-electron chi connectivity index (χ0n) is 11.4. The predicted molar refractivity (Wildman–Crippen MR) is 86.0 cm³/mol. The van der Waals surface area contributed by atoms with Crippen LogP contribution >= 0.6 is 25.1 Å². The van der Waals surface area contributed by atoms with Crippen molar-refractivity contribution in [2.24, 2.45) is 11.8 Å². The minimum Gasteiger partial charge on any atom is -0.356 e. The first-order valence-corrected chi connectivity index (χ1v) is 8.13. The molecule has 0 N–H and O–H groups in total. The van der Waals surface area contributed by atoms with Crippen LogP contribution in [0.3, 0.4) is 0 Å². The second-order valence-corrected chi connectivity index (χ2v) is 6.87. The first-order chi connectivity index (χ1) is 10.3. The molecule has 2 saturated heterocycles. The Bertz CT molecular complexity index is 663. The summed E-state index contributed by atoms with van der Waals surface area (Å²) in [5, 5.41) is 0.918. The van der Waals surface area contributed by atoms with Crippen molar-refractivity contribution < 1.29 is 3.89 Å². The fraction of sp³-hybridized carbons (Fsp3) is 0.538. The minimum absolute atomic E-state index is 0.167. The molecule has 2 atom stereocenters. The van der Waals surface area contributed by atoms with E-state index in [1.54, 1.807) is 6.20 Å². The Balaban J connectivity index is 1.66. The Morgan fingerprint density at radius 3 is 2.95 bits per heavy atom. The molecule has 21 heavy (non-hydrogen) atoms. The molecule has 0 amide bonds. The third kappa shape index (κ3) is 2.29. The van der Waals surface area contributed by atoms with Gasteiger partial charge in [-0.25, -0.2) is 13.9 Å². The lowest BCUT2D eigenvalue weighted by Gasteiger charge is -2.35. The largest absolute Gasteiger partial charge is 0.356 e. The maximum atomic E-state index is 12.9. The number of anilines is 1. The molecule has 8 heteroatoms. The van der Waals surface area contributed by atoms with E-state index in [4.69, 9.17) is 0 Å². The van der Waals surface area contributed by atoms with Crippen molar-refractivity contribution in [3.63, 3.8) is 0 Å². The topological polar surface area (TPSA) is 37.2 Å². The second-order valence-electron chi connectivity index (χ2n) is 5.77. The summed E-state index contributed by atoms with van der Waals surface area (Å²) in [5.41, 5.74) is 0.636. The molecule has 0 saturated carbocycles. The summed E-state index contributed by atoms with van der Waals surface area (Å²) in [4.78, 5) is 10.9. The summed E-state index contributed by atoms with van der Waals surface area (Å²) in [7, 11) is 0. The van der Waals surface area contributed by atoms with Gasteiger partial charge in [0.1, 0.15) is 12.1 Å². The van der Waals surface area contributed by atoms with Gasteiger partial charge in [-0.2, -0.15) is 0 Å². The molecule has 2 aliphatic rings. The Kier molecular flexibility index (Phi) is 3.47. The van der Waals surface area contributed by atoms with Crippen molar-refractivity contribution in [3.8, 4) is 0 Å². The van der Waals surface area contributed by atoms with Crippen LogP contribution in [0, 0.1) is 11.8 Å². The molecule has 2 aromatic rings. The number of hydrogen-bond acceptors (Lipinski definition) is 6. The van der Waals surface area contributed by atoms with Crippen LogP contribution in [0.1, 0.15) is 6.42 Å². The summed E-state index contributed by atoms with van der Waals surface area (Å²) in [6, 6.07) is 1.89. The zero-order valence-corrected chi connectivity index (χ0v) is 13.1. The van der Waals surface area contributed by atoms with Crippen molar-refractivity contribution in [3.05, 3.63) is 18.6 Å². The average Bonchev–Trinajstić information content (AvgIpc) is 3.07. The standard InChI is InChI=1S/C13H16FN5S2/c14-21-19-4-2-11-12(15-8-16-13(11)19)17-3-1-9-6-18(20)7-10(9)5-17/h2,4,8-10,20H,1,3,5-7H2/t9?,10-/m0/s1. The molecule has 0 aliphatic carbocycles. The monoisotopic (exact) mass is 325 g/mol. The highest BCUT2D eigenvalue weighted by molar-refractivity contribution is 7.92. The highest BCUT2D eigenvalue weighted by Crippen LogP contribution is 2.35. The van der Waals surface area contributed by atoms with Crippen LogP contribution in [0.5, 0.6) is 0 Å². The van der Waals surface area contributed by atoms with Gasteiger partial charge in [0.25, 0.3) is 0 Å². The number of thiol groups is 1. The minimum atomic E-state index is 0.167. The van der Waals surface area contributed by atoms with Crippen LogP contribution in [0.15, 0.2) is 18.6 Å². The number of hydrogen-bond donors (Lipinski definition) is 1.